The fourth-order valence-electron chi connectivity index (χ4n) is 1.65. The highest BCUT2D eigenvalue weighted by Crippen LogP contribution is 2.24. The maximum absolute atomic E-state index is 13.7. The molecule has 1 amide bonds. The van der Waals surface area contributed by atoms with E-state index in [1.165, 1.54) is 24.3 Å². The molecule has 0 fully saturated rings. The third-order valence-corrected chi connectivity index (χ3v) is 2.93. The lowest BCUT2D eigenvalue weighted by atomic mass is 10.1. The summed E-state index contributed by atoms with van der Waals surface area (Å²) in [5, 5.41) is 11.2. The average molecular weight is 290 g/mol. The SMILES string of the molecule is N#Cc1ccc(NC(=O)c2c(N)cccc2Cl)c(F)c1. The molecule has 0 heterocycles. The Morgan fingerprint density at radius 2 is 2.10 bits per heavy atom. The number of halogens is 2. The van der Waals surface area contributed by atoms with Crippen molar-refractivity contribution in [1.82, 2.24) is 0 Å². The van der Waals surface area contributed by atoms with Crippen LogP contribution in [-0.2, 0) is 0 Å². The van der Waals surface area contributed by atoms with E-state index in [1.54, 1.807) is 12.1 Å². The maximum Gasteiger partial charge on any atom is 0.259 e. The number of hydrogen-bond acceptors (Lipinski definition) is 3. The first kappa shape index (κ1) is 13.8. The molecule has 0 bridgehead atoms. The molecule has 4 nitrogen and oxygen atoms in total. The highest BCUT2D eigenvalue weighted by Gasteiger charge is 2.15. The molecule has 100 valence electrons. The molecule has 0 atom stereocenters. The second kappa shape index (κ2) is 5.59. The van der Waals surface area contributed by atoms with Crippen LogP contribution < -0.4 is 11.1 Å². The molecule has 0 aliphatic carbocycles. The Kier molecular flexibility index (Phi) is 3.87. The number of hydrogen-bond donors (Lipinski definition) is 2. The summed E-state index contributed by atoms with van der Waals surface area (Å²) in [6, 6.07) is 10.2. The van der Waals surface area contributed by atoms with Crippen molar-refractivity contribution < 1.29 is 9.18 Å². The zero-order valence-electron chi connectivity index (χ0n) is 10.2. The Morgan fingerprint density at radius 1 is 1.35 bits per heavy atom. The summed E-state index contributed by atoms with van der Waals surface area (Å²) in [5.74, 6) is -1.32. The van der Waals surface area contributed by atoms with Gasteiger partial charge < -0.3 is 11.1 Å². The number of nitrogen functional groups attached to an aromatic ring is 1. The summed E-state index contributed by atoms with van der Waals surface area (Å²) < 4.78 is 13.7. The second-order valence-electron chi connectivity index (χ2n) is 3.96. The van der Waals surface area contributed by atoms with Crippen LogP contribution in [0.5, 0.6) is 0 Å². The van der Waals surface area contributed by atoms with Gasteiger partial charge in [0.25, 0.3) is 5.91 Å². The summed E-state index contributed by atoms with van der Waals surface area (Å²) >= 11 is 5.90. The van der Waals surface area contributed by atoms with Gasteiger partial charge >= 0.3 is 0 Å². The van der Waals surface area contributed by atoms with E-state index >= 15 is 0 Å². The molecule has 2 rings (SSSR count). The van der Waals surface area contributed by atoms with Crippen LogP contribution in [0.3, 0.4) is 0 Å². The summed E-state index contributed by atoms with van der Waals surface area (Å²) in [6.07, 6.45) is 0. The van der Waals surface area contributed by atoms with Gasteiger partial charge in [-0.2, -0.15) is 5.26 Å². The number of nitrogens with two attached hydrogens (primary N) is 1. The van der Waals surface area contributed by atoms with Crippen LogP contribution in [0.4, 0.5) is 15.8 Å². The molecule has 0 spiro atoms. The number of amides is 1. The molecule has 0 saturated carbocycles. The molecule has 0 aliphatic heterocycles. The number of nitrogens with zero attached hydrogens (tertiary/aromatic N) is 1. The molecule has 2 aromatic carbocycles. The van der Waals surface area contributed by atoms with Crippen molar-refractivity contribution in [2.45, 2.75) is 0 Å². The first-order chi connectivity index (χ1) is 9.52. The van der Waals surface area contributed by atoms with E-state index in [2.05, 4.69) is 5.32 Å². The monoisotopic (exact) mass is 289 g/mol. The van der Waals surface area contributed by atoms with E-state index in [1.807, 2.05) is 0 Å². The van der Waals surface area contributed by atoms with E-state index in [0.29, 0.717) is 0 Å². The van der Waals surface area contributed by atoms with Crippen LogP contribution in [-0.4, -0.2) is 5.91 Å². The van der Waals surface area contributed by atoms with Crippen molar-refractivity contribution in [2.24, 2.45) is 0 Å². The number of nitrogens with one attached hydrogen (secondary N) is 1. The van der Waals surface area contributed by atoms with Gasteiger partial charge in [-0.25, -0.2) is 4.39 Å². The van der Waals surface area contributed by atoms with Crippen molar-refractivity contribution in [3.8, 4) is 6.07 Å². The van der Waals surface area contributed by atoms with Crippen molar-refractivity contribution in [1.29, 1.82) is 5.26 Å². The van der Waals surface area contributed by atoms with Crippen LogP contribution in [0, 0.1) is 17.1 Å². The normalized spacial score (nSPS) is 9.85. The fourth-order valence-corrected chi connectivity index (χ4v) is 1.92. The minimum Gasteiger partial charge on any atom is -0.398 e. The van der Waals surface area contributed by atoms with Crippen molar-refractivity contribution >= 4 is 28.9 Å². The molecule has 0 saturated heterocycles. The lowest BCUT2D eigenvalue weighted by Gasteiger charge is -2.09. The number of benzene rings is 2. The van der Waals surface area contributed by atoms with E-state index < -0.39 is 11.7 Å². The number of nitriles is 1. The maximum atomic E-state index is 13.7. The number of carbonyl (C=O) groups excluding carboxylic acids is 1. The molecular formula is C14H9ClFN3O. The van der Waals surface area contributed by atoms with Crippen LogP contribution in [0.15, 0.2) is 36.4 Å². The molecule has 0 aliphatic rings. The van der Waals surface area contributed by atoms with Crippen LogP contribution in [0.25, 0.3) is 0 Å². The molecular weight excluding hydrogens is 281 g/mol. The summed E-state index contributed by atoms with van der Waals surface area (Å²) in [5.41, 5.74) is 6.07. The summed E-state index contributed by atoms with van der Waals surface area (Å²) in [6.45, 7) is 0. The van der Waals surface area contributed by atoms with Gasteiger partial charge in [-0.1, -0.05) is 17.7 Å². The second-order valence-corrected chi connectivity index (χ2v) is 4.37. The first-order valence-corrected chi connectivity index (χ1v) is 5.95. The minimum atomic E-state index is -0.706. The highest BCUT2D eigenvalue weighted by molar-refractivity contribution is 6.35. The number of carbonyl (C=O) groups is 1. The van der Waals surface area contributed by atoms with Crippen molar-refractivity contribution in [2.75, 3.05) is 11.1 Å². The Labute approximate surface area is 119 Å². The Morgan fingerprint density at radius 3 is 2.70 bits per heavy atom. The smallest absolute Gasteiger partial charge is 0.259 e. The van der Waals surface area contributed by atoms with Crippen LogP contribution in [0.1, 0.15) is 15.9 Å². The third kappa shape index (κ3) is 2.71. The fraction of sp³-hybridized carbons (Fsp3) is 0. The van der Waals surface area contributed by atoms with Crippen molar-refractivity contribution in [3.63, 3.8) is 0 Å². The van der Waals surface area contributed by atoms with Gasteiger partial charge in [-0.15, -0.1) is 0 Å². The Hall–Kier alpha value is -2.58. The molecule has 0 radical (unpaired) electrons. The quantitative estimate of drug-likeness (QED) is 0.833. The van der Waals surface area contributed by atoms with Gasteiger partial charge in [0, 0.05) is 5.69 Å². The molecule has 20 heavy (non-hydrogen) atoms. The van der Waals surface area contributed by atoms with Gasteiger partial charge in [0.1, 0.15) is 5.82 Å². The lowest BCUT2D eigenvalue weighted by molar-refractivity contribution is 0.102. The van der Waals surface area contributed by atoms with E-state index in [0.717, 1.165) is 6.07 Å². The molecule has 3 N–H and O–H groups in total. The third-order valence-electron chi connectivity index (χ3n) is 2.62. The van der Waals surface area contributed by atoms with Crippen LogP contribution >= 0.6 is 11.6 Å². The summed E-state index contributed by atoms with van der Waals surface area (Å²) in [7, 11) is 0. The van der Waals surface area contributed by atoms with Gasteiger partial charge in [-0.05, 0) is 30.3 Å². The van der Waals surface area contributed by atoms with Gasteiger partial charge in [0.2, 0.25) is 0 Å². The number of rotatable bonds is 2. The topological polar surface area (TPSA) is 78.9 Å². The van der Waals surface area contributed by atoms with Gasteiger partial charge in [-0.3, -0.25) is 4.79 Å². The molecule has 2 aromatic rings. The zero-order valence-corrected chi connectivity index (χ0v) is 10.9. The minimum absolute atomic E-state index is 0.0479. The van der Waals surface area contributed by atoms with Crippen LogP contribution in [0.2, 0.25) is 5.02 Å². The highest BCUT2D eigenvalue weighted by atomic mass is 35.5. The van der Waals surface area contributed by atoms with E-state index in [4.69, 9.17) is 22.6 Å². The van der Waals surface area contributed by atoms with E-state index in [9.17, 15) is 9.18 Å². The molecule has 6 heteroatoms. The Balaban J connectivity index is 2.31. The average Bonchev–Trinajstić information content (AvgIpc) is 2.41. The van der Waals surface area contributed by atoms with E-state index in [-0.39, 0.29) is 27.5 Å². The van der Waals surface area contributed by atoms with Gasteiger partial charge in [0.15, 0.2) is 0 Å². The standard InChI is InChI=1S/C14H9ClFN3O/c15-9-2-1-3-11(18)13(9)14(20)19-12-5-4-8(7-17)6-10(12)16/h1-6H,18H2,(H,19,20). The predicted molar refractivity (Wildman–Crippen MR) is 74.9 cm³/mol. The first-order valence-electron chi connectivity index (χ1n) is 5.58. The Bertz CT molecular complexity index is 705. The summed E-state index contributed by atoms with van der Waals surface area (Å²) in [4.78, 5) is 12.1. The molecule has 0 unspecified atom stereocenters. The largest absolute Gasteiger partial charge is 0.398 e. The zero-order chi connectivity index (χ0) is 14.7. The van der Waals surface area contributed by atoms with Crippen molar-refractivity contribution in [3.05, 3.63) is 58.4 Å². The lowest BCUT2D eigenvalue weighted by Crippen LogP contribution is -2.15. The number of anilines is 2. The predicted octanol–water partition coefficient (Wildman–Crippen LogP) is 3.19. The van der Waals surface area contributed by atoms with Gasteiger partial charge in [0.05, 0.1) is 27.9 Å². The molecule has 0 aromatic heterocycles.